The van der Waals surface area contributed by atoms with E-state index in [1.165, 1.54) is 12.1 Å². The maximum Gasteiger partial charge on any atom is 0.227 e. The van der Waals surface area contributed by atoms with Crippen LogP contribution in [-0.4, -0.2) is 35.8 Å². The molecule has 5 nitrogen and oxygen atoms in total. The van der Waals surface area contributed by atoms with Crippen LogP contribution >= 0.6 is 9.24 Å². The number of likely N-dealkylation sites (tertiary alicyclic amines) is 1. The molecule has 27 heavy (non-hydrogen) atoms. The van der Waals surface area contributed by atoms with E-state index < -0.39 is 0 Å². The Balaban J connectivity index is 1.46. The second-order valence-corrected chi connectivity index (χ2v) is 8.52. The molecule has 0 radical (unpaired) electrons. The van der Waals surface area contributed by atoms with E-state index in [4.69, 9.17) is 5.73 Å². The van der Waals surface area contributed by atoms with Crippen LogP contribution in [0.25, 0.3) is 0 Å². The fraction of sp³-hybridized carbons (Fsp3) is 0.600. The van der Waals surface area contributed by atoms with E-state index in [-0.39, 0.29) is 35.5 Å². The van der Waals surface area contributed by atoms with Crippen molar-refractivity contribution in [3.8, 4) is 0 Å². The summed E-state index contributed by atoms with van der Waals surface area (Å²) in [6.45, 7) is 1.38. The average Bonchev–Trinajstić information content (AvgIpc) is 2.61. The van der Waals surface area contributed by atoms with Crippen LogP contribution in [0.15, 0.2) is 18.2 Å². The number of anilines is 1. The number of nitrogens with zero attached hydrogens (tertiary/aromatic N) is 1. The van der Waals surface area contributed by atoms with E-state index in [0.29, 0.717) is 30.5 Å². The molecule has 7 heteroatoms. The minimum atomic E-state index is -0.370. The fourth-order valence-electron chi connectivity index (χ4n) is 4.22. The Bertz CT molecular complexity index is 672. The zero-order valence-corrected chi connectivity index (χ0v) is 16.8. The maximum atomic E-state index is 13.4. The van der Waals surface area contributed by atoms with Crippen LogP contribution in [0.1, 0.15) is 44.9 Å². The molecular formula is C20H29FN3O2P. The van der Waals surface area contributed by atoms with E-state index >= 15 is 0 Å². The number of benzene rings is 1. The Morgan fingerprint density at radius 1 is 1.15 bits per heavy atom. The van der Waals surface area contributed by atoms with Gasteiger partial charge in [-0.3, -0.25) is 9.59 Å². The lowest BCUT2D eigenvalue weighted by atomic mass is 9.83. The number of hydrogen-bond acceptors (Lipinski definition) is 3. The van der Waals surface area contributed by atoms with E-state index in [0.717, 1.165) is 38.5 Å². The number of piperidine rings is 1. The molecule has 0 aromatic heterocycles. The molecule has 148 valence electrons. The molecule has 2 amide bonds. The summed E-state index contributed by atoms with van der Waals surface area (Å²) in [4.78, 5) is 26.9. The number of nitrogens with one attached hydrogen (secondary N) is 1. The molecule has 0 bridgehead atoms. The van der Waals surface area contributed by atoms with Gasteiger partial charge in [0.15, 0.2) is 0 Å². The predicted octanol–water partition coefficient (Wildman–Crippen LogP) is 2.41. The number of amides is 2. The predicted molar refractivity (Wildman–Crippen MR) is 108 cm³/mol. The standard InChI is InChI=1S/C20H29FN3O2P/c21-14-10-15(12-16(27)11-14)23-19(25)9-13-5-7-24(8-6-13)20(26)17-3-1-2-4-18(17)22/h10-13,17-18H,1-9,22,27H2,(H,23,25)/t17-,18-/m0/s1. The van der Waals surface area contributed by atoms with Crippen molar-refractivity contribution in [3.63, 3.8) is 0 Å². The normalized spacial score (nSPS) is 23.9. The van der Waals surface area contributed by atoms with Crippen molar-refractivity contribution in [2.45, 2.75) is 51.0 Å². The molecule has 3 atom stereocenters. The SMILES string of the molecule is N[C@H]1CCCC[C@@H]1C(=O)N1CCC(CC(=O)Nc2cc(F)cc(P)c2)CC1. The average molecular weight is 393 g/mol. The minimum absolute atomic E-state index is 0.0114. The minimum Gasteiger partial charge on any atom is -0.342 e. The third-order valence-corrected chi connectivity index (χ3v) is 6.07. The van der Waals surface area contributed by atoms with Gasteiger partial charge in [0.25, 0.3) is 0 Å². The number of carbonyl (C=O) groups is 2. The first kappa shape index (κ1) is 20.2. The number of carbonyl (C=O) groups excluding carboxylic acids is 2. The van der Waals surface area contributed by atoms with Gasteiger partial charge in [-0.2, -0.15) is 0 Å². The highest BCUT2D eigenvalue weighted by molar-refractivity contribution is 7.27. The summed E-state index contributed by atoms with van der Waals surface area (Å²) in [7, 11) is 2.43. The number of rotatable bonds is 4. The summed E-state index contributed by atoms with van der Waals surface area (Å²) in [5.41, 5.74) is 6.62. The lowest BCUT2D eigenvalue weighted by Crippen LogP contribution is -2.48. The summed E-state index contributed by atoms with van der Waals surface area (Å²) >= 11 is 0. The van der Waals surface area contributed by atoms with Crippen molar-refractivity contribution in [2.24, 2.45) is 17.6 Å². The van der Waals surface area contributed by atoms with Gasteiger partial charge in [-0.1, -0.05) is 12.8 Å². The zero-order chi connectivity index (χ0) is 19.4. The summed E-state index contributed by atoms with van der Waals surface area (Å²) in [5, 5.41) is 3.47. The van der Waals surface area contributed by atoms with Gasteiger partial charge in [-0.05, 0) is 55.1 Å². The topological polar surface area (TPSA) is 75.4 Å². The van der Waals surface area contributed by atoms with E-state index in [1.807, 2.05) is 4.90 Å². The Morgan fingerprint density at radius 3 is 2.52 bits per heavy atom. The molecule has 0 spiro atoms. The van der Waals surface area contributed by atoms with Gasteiger partial charge in [-0.15, -0.1) is 9.24 Å². The Kier molecular flexibility index (Phi) is 6.83. The van der Waals surface area contributed by atoms with Crippen molar-refractivity contribution in [1.82, 2.24) is 4.90 Å². The van der Waals surface area contributed by atoms with Crippen LogP contribution in [0.3, 0.4) is 0 Å². The lowest BCUT2D eigenvalue weighted by Gasteiger charge is -2.37. The summed E-state index contributed by atoms with van der Waals surface area (Å²) in [5.74, 6) is -0.0711. The highest BCUT2D eigenvalue weighted by Gasteiger charge is 2.33. The molecule has 1 aromatic carbocycles. The zero-order valence-electron chi connectivity index (χ0n) is 15.6. The van der Waals surface area contributed by atoms with Gasteiger partial charge in [0.1, 0.15) is 5.82 Å². The molecule has 1 aromatic rings. The molecule has 1 saturated heterocycles. The maximum absolute atomic E-state index is 13.4. The van der Waals surface area contributed by atoms with Gasteiger partial charge in [0.05, 0.1) is 5.92 Å². The molecule has 1 heterocycles. The molecule has 2 fully saturated rings. The molecular weight excluding hydrogens is 364 g/mol. The summed E-state index contributed by atoms with van der Waals surface area (Å²) in [6.07, 6.45) is 6.06. The molecule has 1 saturated carbocycles. The van der Waals surface area contributed by atoms with Crippen molar-refractivity contribution in [1.29, 1.82) is 0 Å². The third-order valence-electron chi connectivity index (χ3n) is 5.74. The second kappa shape index (κ2) is 9.11. The molecule has 1 unspecified atom stereocenters. The third kappa shape index (κ3) is 5.49. The van der Waals surface area contributed by atoms with E-state index in [9.17, 15) is 14.0 Å². The molecule has 2 aliphatic rings. The van der Waals surface area contributed by atoms with Crippen LogP contribution in [0, 0.1) is 17.7 Å². The van der Waals surface area contributed by atoms with Crippen molar-refractivity contribution < 1.29 is 14.0 Å². The smallest absolute Gasteiger partial charge is 0.227 e. The number of hydrogen-bond donors (Lipinski definition) is 2. The highest BCUT2D eigenvalue weighted by Crippen LogP contribution is 2.28. The highest BCUT2D eigenvalue weighted by atomic mass is 31.0. The second-order valence-electron chi connectivity index (χ2n) is 7.85. The van der Waals surface area contributed by atoms with Crippen LogP contribution in [0.4, 0.5) is 10.1 Å². The van der Waals surface area contributed by atoms with Crippen molar-refractivity contribution >= 4 is 32.0 Å². The Hall–Kier alpha value is -1.52. The lowest BCUT2D eigenvalue weighted by molar-refractivity contribution is -0.138. The first-order valence-corrected chi connectivity index (χ1v) is 10.4. The van der Waals surface area contributed by atoms with Gasteiger partial charge in [0.2, 0.25) is 11.8 Å². The summed E-state index contributed by atoms with van der Waals surface area (Å²) in [6, 6.07) is 4.42. The molecule has 1 aliphatic carbocycles. The van der Waals surface area contributed by atoms with Crippen LogP contribution in [0.2, 0.25) is 0 Å². The monoisotopic (exact) mass is 393 g/mol. The van der Waals surface area contributed by atoms with Crippen LogP contribution in [-0.2, 0) is 9.59 Å². The number of nitrogens with two attached hydrogens (primary N) is 1. The molecule has 3 N–H and O–H groups in total. The van der Waals surface area contributed by atoms with Crippen LogP contribution in [0.5, 0.6) is 0 Å². The van der Waals surface area contributed by atoms with Crippen molar-refractivity contribution in [2.75, 3.05) is 18.4 Å². The van der Waals surface area contributed by atoms with Gasteiger partial charge >= 0.3 is 0 Å². The van der Waals surface area contributed by atoms with E-state index in [1.54, 1.807) is 6.07 Å². The quantitative estimate of drug-likeness (QED) is 0.772. The van der Waals surface area contributed by atoms with Gasteiger partial charge in [-0.25, -0.2) is 4.39 Å². The largest absolute Gasteiger partial charge is 0.342 e. The van der Waals surface area contributed by atoms with Gasteiger partial charge in [0, 0.05) is 31.2 Å². The fourth-order valence-corrected chi connectivity index (χ4v) is 4.56. The van der Waals surface area contributed by atoms with Gasteiger partial charge < -0.3 is 16.0 Å². The van der Waals surface area contributed by atoms with Crippen LogP contribution < -0.4 is 16.4 Å². The number of halogens is 1. The molecule has 3 rings (SSSR count). The van der Waals surface area contributed by atoms with E-state index in [2.05, 4.69) is 14.6 Å². The first-order chi connectivity index (χ1) is 12.9. The Morgan fingerprint density at radius 2 is 1.85 bits per heavy atom. The Labute approximate surface area is 162 Å². The summed E-state index contributed by atoms with van der Waals surface area (Å²) < 4.78 is 13.4. The van der Waals surface area contributed by atoms with Crippen molar-refractivity contribution in [3.05, 3.63) is 24.0 Å². The molecule has 1 aliphatic heterocycles. The first-order valence-electron chi connectivity index (χ1n) is 9.82.